The van der Waals surface area contributed by atoms with Gasteiger partial charge in [-0.2, -0.15) is 18.3 Å². The van der Waals surface area contributed by atoms with Crippen LogP contribution in [0.3, 0.4) is 0 Å². The van der Waals surface area contributed by atoms with Gasteiger partial charge in [0.15, 0.2) is 5.65 Å². The topological polar surface area (TPSA) is 72.2 Å². The van der Waals surface area contributed by atoms with Gasteiger partial charge in [-0.05, 0) is 18.6 Å². The number of pyridine rings is 1. The molecule has 2 saturated heterocycles. The Morgan fingerprint density at radius 3 is 2.50 bits per heavy atom. The molecule has 8 nitrogen and oxygen atoms in total. The quantitative estimate of drug-likeness (QED) is 0.511. The molecule has 0 aliphatic carbocycles. The lowest BCUT2D eigenvalue weighted by molar-refractivity contribution is -0.325. The molecule has 1 spiro atoms. The molecule has 14 heteroatoms. The molecule has 0 N–H and O–H groups in total. The highest BCUT2D eigenvalue weighted by molar-refractivity contribution is 5.71. The zero-order chi connectivity index (χ0) is 24.1. The third-order valence-electron chi connectivity index (χ3n) is 6.12. The largest absolute Gasteiger partial charge is 0.522 e. The van der Waals surface area contributed by atoms with Crippen LogP contribution in [0.2, 0.25) is 0 Å². The van der Waals surface area contributed by atoms with Gasteiger partial charge in [0.05, 0.1) is 25.5 Å². The van der Waals surface area contributed by atoms with E-state index < -0.39 is 24.8 Å². The Morgan fingerprint density at radius 1 is 1.00 bits per heavy atom. The minimum Gasteiger partial charge on any atom is -0.370 e. The van der Waals surface area contributed by atoms with E-state index in [4.69, 9.17) is 0 Å². The predicted molar refractivity (Wildman–Crippen MR) is 108 cm³/mol. The molecule has 3 aromatic heterocycles. The van der Waals surface area contributed by atoms with Crippen LogP contribution in [0.25, 0.3) is 11.2 Å². The summed E-state index contributed by atoms with van der Waals surface area (Å²) < 4.78 is 80.7. The Morgan fingerprint density at radius 2 is 1.76 bits per heavy atom. The first-order valence-electron chi connectivity index (χ1n) is 10.4. The van der Waals surface area contributed by atoms with Crippen molar-refractivity contribution < 1.29 is 31.1 Å². The first-order valence-corrected chi connectivity index (χ1v) is 10.4. The van der Waals surface area contributed by atoms with Crippen LogP contribution in [0.1, 0.15) is 12.1 Å². The van der Waals surface area contributed by atoms with Crippen LogP contribution >= 0.6 is 0 Å². The molecule has 0 unspecified atom stereocenters. The second kappa shape index (κ2) is 7.96. The molecule has 0 saturated carbocycles. The number of alkyl halides is 6. The van der Waals surface area contributed by atoms with Crippen molar-refractivity contribution in [1.82, 2.24) is 24.7 Å². The Bertz CT molecular complexity index is 1190. The molecule has 0 amide bonds. The summed E-state index contributed by atoms with van der Waals surface area (Å²) in [6.07, 6.45) is -4.19. The number of halogens is 6. The fraction of sp³-hybridized carbons (Fsp3) is 0.500. The number of aromatic nitrogens is 5. The fourth-order valence-corrected chi connectivity index (χ4v) is 4.51. The minimum atomic E-state index is -4.72. The van der Waals surface area contributed by atoms with Crippen LogP contribution in [0.5, 0.6) is 0 Å². The van der Waals surface area contributed by atoms with E-state index in [0.717, 1.165) is 18.7 Å². The number of ether oxygens (including phenoxy) is 1. The van der Waals surface area contributed by atoms with E-state index in [1.165, 1.54) is 10.9 Å². The first kappa shape index (κ1) is 22.6. The van der Waals surface area contributed by atoms with Crippen LogP contribution in [-0.4, -0.2) is 63.9 Å². The molecule has 2 aliphatic rings. The van der Waals surface area contributed by atoms with Crippen molar-refractivity contribution in [3.63, 3.8) is 0 Å². The Balaban J connectivity index is 1.25. The van der Waals surface area contributed by atoms with Gasteiger partial charge in [-0.3, -0.25) is 9.72 Å². The lowest BCUT2D eigenvalue weighted by atomic mass is 9.79. The van der Waals surface area contributed by atoms with Gasteiger partial charge in [0, 0.05) is 43.5 Å². The maximum Gasteiger partial charge on any atom is 0.522 e. The van der Waals surface area contributed by atoms with E-state index in [1.54, 1.807) is 12.3 Å². The molecule has 5 heterocycles. The van der Waals surface area contributed by atoms with Crippen molar-refractivity contribution in [2.24, 2.45) is 5.41 Å². The van der Waals surface area contributed by atoms with Gasteiger partial charge in [-0.15, -0.1) is 13.2 Å². The summed E-state index contributed by atoms with van der Waals surface area (Å²) in [5.41, 5.74) is 0.296. The molecule has 3 aromatic rings. The molecule has 0 aromatic carbocycles. The van der Waals surface area contributed by atoms with Gasteiger partial charge in [0.2, 0.25) is 0 Å². The van der Waals surface area contributed by atoms with Crippen molar-refractivity contribution in [3.05, 3.63) is 36.4 Å². The zero-order valence-corrected chi connectivity index (χ0v) is 17.6. The summed E-state index contributed by atoms with van der Waals surface area (Å²) in [6.45, 7) is 1.81. The van der Waals surface area contributed by atoms with Gasteiger partial charge >= 0.3 is 12.5 Å². The lowest BCUT2D eigenvalue weighted by Gasteiger charge is -2.49. The second-order valence-corrected chi connectivity index (χ2v) is 8.52. The smallest absolute Gasteiger partial charge is 0.370 e. The summed E-state index contributed by atoms with van der Waals surface area (Å²) in [7, 11) is 0. The summed E-state index contributed by atoms with van der Waals surface area (Å²) >= 11 is 0. The molecule has 0 radical (unpaired) electrons. The zero-order valence-electron chi connectivity index (χ0n) is 17.6. The van der Waals surface area contributed by atoms with Crippen LogP contribution < -0.4 is 9.80 Å². The van der Waals surface area contributed by atoms with E-state index in [9.17, 15) is 26.3 Å². The first-order chi connectivity index (χ1) is 16.0. The summed E-state index contributed by atoms with van der Waals surface area (Å²) in [5.74, 6) is 0.574. The standard InChI is InChI=1S/C20H19F6N7O/c21-19(22,23)15-7-13(1-3-27-15)32-11-18(12-32)2-4-31(10-18)16-9-28-14-8-29-33(17(14)30-16)5-6-34-20(24,25)26/h1,3,7-9H,2,4-6,10-12H2. The molecule has 0 atom stereocenters. The van der Waals surface area contributed by atoms with E-state index >= 15 is 0 Å². The third kappa shape index (κ3) is 4.45. The van der Waals surface area contributed by atoms with Crippen molar-refractivity contribution in [3.8, 4) is 0 Å². The van der Waals surface area contributed by atoms with Crippen LogP contribution in [0.4, 0.5) is 37.8 Å². The molecular formula is C20H19F6N7O. The Kier molecular flexibility index (Phi) is 5.30. The van der Waals surface area contributed by atoms with Crippen LogP contribution in [-0.2, 0) is 17.5 Å². The number of hydrogen-bond acceptors (Lipinski definition) is 7. The van der Waals surface area contributed by atoms with Crippen LogP contribution in [0, 0.1) is 5.41 Å². The van der Waals surface area contributed by atoms with Crippen molar-refractivity contribution in [2.45, 2.75) is 25.5 Å². The van der Waals surface area contributed by atoms with Gasteiger partial charge in [-0.25, -0.2) is 14.6 Å². The molecule has 182 valence electrons. The molecule has 2 aliphatic heterocycles. The fourth-order valence-electron chi connectivity index (χ4n) is 4.51. The maximum absolute atomic E-state index is 13.0. The predicted octanol–water partition coefficient (Wildman–Crippen LogP) is 3.49. The Labute approximate surface area is 189 Å². The minimum absolute atomic E-state index is 0.0842. The monoisotopic (exact) mass is 487 g/mol. The molecule has 5 rings (SSSR count). The van der Waals surface area contributed by atoms with E-state index in [-0.39, 0.29) is 12.0 Å². The number of anilines is 2. The summed E-state index contributed by atoms with van der Waals surface area (Å²) in [5, 5.41) is 4.04. The molecular weight excluding hydrogens is 468 g/mol. The van der Waals surface area contributed by atoms with Gasteiger partial charge in [0.1, 0.15) is 17.0 Å². The second-order valence-electron chi connectivity index (χ2n) is 8.52. The van der Waals surface area contributed by atoms with Crippen molar-refractivity contribution >= 4 is 22.7 Å². The third-order valence-corrected chi connectivity index (χ3v) is 6.12. The van der Waals surface area contributed by atoms with E-state index in [2.05, 4.69) is 24.8 Å². The van der Waals surface area contributed by atoms with Crippen molar-refractivity contribution in [2.75, 3.05) is 42.6 Å². The highest BCUT2D eigenvalue weighted by Gasteiger charge is 2.48. The summed E-state index contributed by atoms with van der Waals surface area (Å²) in [6, 6.07) is 2.63. The maximum atomic E-state index is 13.0. The lowest BCUT2D eigenvalue weighted by Crippen LogP contribution is -2.57. The molecule has 0 bridgehead atoms. The number of rotatable bonds is 5. The van der Waals surface area contributed by atoms with Gasteiger partial charge in [0.25, 0.3) is 0 Å². The highest BCUT2D eigenvalue weighted by atomic mass is 19.4. The van der Waals surface area contributed by atoms with Gasteiger partial charge < -0.3 is 9.80 Å². The van der Waals surface area contributed by atoms with E-state index in [1.807, 2.05) is 9.80 Å². The van der Waals surface area contributed by atoms with Crippen molar-refractivity contribution in [1.29, 1.82) is 0 Å². The van der Waals surface area contributed by atoms with Gasteiger partial charge in [-0.1, -0.05) is 0 Å². The number of fused-ring (bicyclic) bond motifs is 1. The highest BCUT2D eigenvalue weighted by Crippen LogP contribution is 2.43. The van der Waals surface area contributed by atoms with Crippen LogP contribution in [0.15, 0.2) is 30.7 Å². The molecule has 34 heavy (non-hydrogen) atoms. The molecule has 2 fully saturated rings. The average Bonchev–Trinajstić information content (AvgIpc) is 3.36. The average molecular weight is 487 g/mol. The number of nitrogens with zero attached hydrogens (tertiary/aromatic N) is 7. The Hall–Kier alpha value is -3.16. The SMILES string of the molecule is FC(F)(F)OCCn1ncc2ncc(N3CCC4(CN(c5ccnc(C(F)(F)F)c5)C4)C3)nc21. The van der Waals surface area contributed by atoms with E-state index in [0.29, 0.717) is 48.8 Å². The number of hydrogen-bond donors (Lipinski definition) is 0. The summed E-state index contributed by atoms with van der Waals surface area (Å²) in [4.78, 5) is 16.2. The normalized spacial score (nSPS) is 18.2.